The van der Waals surface area contributed by atoms with Crippen molar-refractivity contribution < 1.29 is 4.42 Å². The van der Waals surface area contributed by atoms with Crippen LogP contribution in [0.4, 0.5) is 17.1 Å². The van der Waals surface area contributed by atoms with Crippen molar-refractivity contribution in [3.8, 4) is 11.1 Å². The van der Waals surface area contributed by atoms with E-state index in [1.165, 1.54) is 43.4 Å². The molecule has 3 nitrogen and oxygen atoms in total. The molecule has 0 fully saturated rings. The number of furan rings is 1. The van der Waals surface area contributed by atoms with Crippen molar-refractivity contribution in [2.24, 2.45) is 0 Å². The van der Waals surface area contributed by atoms with E-state index in [4.69, 9.17) is 4.42 Å². The van der Waals surface area contributed by atoms with Crippen molar-refractivity contribution in [3.63, 3.8) is 0 Å². The quantitative estimate of drug-likeness (QED) is 0.200. The molecular weight excluding hydrogens is 536 g/mol. The number of rotatable bonds is 4. The highest BCUT2D eigenvalue weighted by Gasteiger charge is 2.22. The lowest BCUT2D eigenvalue weighted by Crippen LogP contribution is -2.11. The average molecular weight is 563 g/mol. The molecule has 0 aliphatic heterocycles. The van der Waals surface area contributed by atoms with Gasteiger partial charge in [0.15, 0.2) is 5.58 Å². The molecule has 0 N–H and O–H groups in total. The Kier molecular flexibility index (Phi) is 5.50. The summed E-state index contributed by atoms with van der Waals surface area (Å²) in [5, 5.41) is 9.40. The van der Waals surface area contributed by atoms with Crippen LogP contribution < -0.4 is 4.90 Å². The molecule has 0 atom stereocenters. The lowest BCUT2D eigenvalue weighted by Gasteiger charge is -2.28. The van der Waals surface area contributed by atoms with Gasteiger partial charge in [-0.3, -0.25) is 0 Å². The molecular formula is C41H26N2O. The smallest absolute Gasteiger partial charge is 0.227 e. The molecule has 44 heavy (non-hydrogen) atoms. The second-order valence-electron chi connectivity index (χ2n) is 11.2. The standard InChI is InChI=1S/C41H26N2O/c1-2-10-27(11-3-1)28-19-22-31(23-20-28)43(37-18-8-16-34-35-17-9-25-42-41(35)44-40(34)37)38-26-30-13-5-7-15-33(30)39-32-14-6-4-12-29(32)21-24-36(38)39/h1-26H. The molecule has 0 amide bonds. The van der Waals surface area contributed by atoms with Gasteiger partial charge in [0.2, 0.25) is 5.71 Å². The van der Waals surface area contributed by atoms with Crippen LogP contribution in [0.15, 0.2) is 162 Å². The van der Waals surface area contributed by atoms with E-state index in [-0.39, 0.29) is 0 Å². The van der Waals surface area contributed by atoms with Crippen molar-refractivity contribution in [2.75, 3.05) is 4.90 Å². The molecule has 0 aliphatic rings. The van der Waals surface area contributed by atoms with E-state index >= 15 is 0 Å². The van der Waals surface area contributed by atoms with Gasteiger partial charge in [-0.05, 0) is 74.5 Å². The molecule has 0 aliphatic carbocycles. The Balaban J connectivity index is 1.38. The Morgan fingerprint density at radius 2 is 1.14 bits per heavy atom. The number of aromatic nitrogens is 1. The van der Waals surface area contributed by atoms with Gasteiger partial charge in [0.05, 0.1) is 11.4 Å². The van der Waals surface area contributed by atoms with E-state index in [1.807, 2.05) is 6.07 Å². The first-order valence-corrected chi connectivity index (χ1v) is 14.9. The highest BCUT2D eigenvalue weighted by molar-refractivity contribution is 6.25. The molecule has 2 aromatic heterocycles. The van der Waals surface area contributed by atoms with E-state index in [1.54, 1.807) is 6.20 Å². The largest absolute Gasteiger partial charge is 0.435 e. The summed E-state index contributed by atoms with van der Waals surface area (Å²) in [4.78, 5) is 6.90. The van der Waals surface area contributed by atoms with Crippen LogP contribution in [-0.4, -0.2) is 4.98 Å². The number of hydrogen-bond donors (Lipinski definition) is 0. The maximum Gasteiger partial charge on any atom is 0.227 e. The normalized spacial score (nSPS) is 11.6. The van der Waals surface area contributed by atoms with Crippen LogP contribution in [0, 0.1) is 0 Å². The summed E-state index contributed by atoms with van der Waals surface area (Å²) in [7, 11) is 0. The maximum atomic E-state index is 6.52. The number of hydrogen-bond acceptors (Lipinski definition) is 3. The van der Waals surface area contributed by atoms with E-state index in [9.17, 15) is 0 Å². The molecule has 0 bridgehead atoms. The van der Waals surface area contributed by atoms with Crippen LogP contribution in [-0.2, 0) is 0 Å². The number of anilines is 3. The number of nitrogens with zero attached hydrogens (tertiary/aromatic N) is 2. The fourth-order valence-electron chi connectivity index (χ4n) is 6.67. The third-order valence-electron chi connectivity index (χ3n) is 8.70. The Morgan fingerprint density at radius 3 is 1.98 bits per heavy atom. The molecule has 0 saturated heterocycles. The van der Waals surface area contributed by atoms with Crippen molar-refractivity contribution in [3.05, 3.63) is 158 Å². The Bertz CT molecular complexity index is 2480. The van der Waals surface area contributed by atoms with Crippen molar-refractivity contribution in [2.45, 2.75) is 0 Å². The second kappa shape index (κ2) is 9.82. The first kappa shape index (κ1) is 24.6. The van der Waals surface area contributed by atoms with Gasteiger partial charge in [0.1, 0.15) is 0 Å². The summed E-state index contributed by atoms with van der Waals surface area (Å²) in [6, 6.07) is 54.0. The molecule has 0 radical (unpaired) electrons. The van der Waals surface area contributed by atoms with Crippen LogP contribution in [0.1, 0.15) is 0 Å². The summed E-state index contributed by atoms with van der Waals surface area (Å²) >= 11 is 0. The predicted octanol–water partition coefficient (Wildman–Crippen LogP) is 11.6. The minimum absolute atomic E-state index is 0.642. The van der Waals surface area contributed by atoms with Gasteiger partial charge in [-0.25, -0.2) is 4.98 Å². The SMILES string of the molecule is c1ccc(-c2ccc(N(c3cc4ccccc4c4c3ccc3ccccc34)c3cccc4c3oc3ncccc34)cc2)cc1. The van der Waals surface area contributed by atoms with Crippen LogP contribution in [0.25, 0.3) is 65.5 Å². The third kappa shape index (κ3) is 3.80. The third-order valence-corrected chi connectivity index (χ3v) is 8.70. The van der Waals surface area contributed by atoms with Gasteiger partial charge in [0, 0.05) is 28.0 Å². The molecule has 0 spiro atoms. The van der Waals surface area contributed by atoms with Gasteiger partial charge >= 0.3 is 0 Å². The fraction of sp³-hybridized carbons (Fsp3) is 0. The minimum Gasteiger partial charge on any atom is -0.435 e. The highest BCUT2D eigenvalue weighted by atomic mass is 16.3. The molecule has 2 heterocycles. The number of benzene rings is 7. The number of para-hydroxylation sites is 1. The van der Waals surface area contributed by atoms with E-state index in [0.717, 1.165) is 33.4 Å². The van der Waals surface area contributed by atoms with Gasteiger partial charge in [0.25, 0.3) is 0 Å². The van der Waals surface area contributed by atoms with Gasteiger partial charge < -0.3 is 9.32 Å². The zero-order chi connectivity index (χ0) is 29.0. The first-order chi connectivity index (χ1) is 21.8. The fourth-order valence-corrected chi connectivity index (χ4v) is 6.67. The lowest BCUT2D eigenvalue weighted by molar-refractivity contribution is 0.654. The van der Waals surface area contributed by atoms with E-state index < -0.39 is 0 Å². The van der Waals surface area contributed by atoms with Crippen LogP contribution in [0.5, 0.6) is 0 Å². The van der Waals surface area contributed by atoms with E-state index in [2.05, 4.69) is 155 Å². The predicted molar refractivity (Wildman–Crippen MR) is 184 cm³/mol. The monoisotopic (exact) mass is 562 g/mol. The van der Waals surface area contributed by atoms with Gasteiger partial charge in [-0.1, -0.05) is 115 Å². The summed E-state index contributed by atoms with van der Waals surface area (Å²) in [6.45, 7) is 0. The maximum absolute atomic E-state index is 6.52. The molecule has 0 unspecified atom stereocenters. The molecule has 9 rings (SSSR count). The first-order valence-electron chi connectivity index (χ1n) is 14.9. The second-order valence-corrected chi connectivity index (χ2v) is 11.2. The van der Waals surface area contributed by atoms with Crippen LogP contribution >= 0.6 is 0 Å². The molecule has 3 heteroatoms. The van der Waals surface area contributed by atoms with Crippen LogP contribution in [0.3, 0.4) is 0 Å². The minimum atomic E-state index is 0.642. The topological polar surface area (TPSA) is 29.3 Å². The molecule has 0 saturated carbocycles. The molecule has 206 valence electrons. The zero-order valence-corrected chi connectivity index (χ0v) is 23.8. The average Bonchev–Trinajstić information content (AvgIpc) is 3.48. The van der Waals surface area contributed by atoms with Crippen molar-refractivity contribution in [1.29, 1.82) is 0 Å². The summed E-state index contributed by atoms with van der Waals surface area (Å²) < 4.78 is 6.52. The molecule has 9 aromatic rings. The van der Waals surface area contributed by atoms with Gasteiger partial charge in [-0.15, -0.1) is 0 Å². The highest BCUT2D eigenvalue weighted by Crippen LogP contribution is 2.47. The summed E-state index contributed by atoms with van der Waals surface area (Å²) in [5.41, 5.74) is 6.94. The zero-order valence-electron chi connectivity index (χ0n) is 23.8. The summed E-state index contributed by atoms with van der Waals surface area (Å²) in [6.07, 6.45) is 1.78. The lowest BCUT2D eigenvalue weighted by atomic mass is 9.94. The Morgan fingerprint density at radius 1 is 0.455 bits per heavy atom. The van der Waals surface area contributed by atoms with Gasteiger partial charge in [-0.2, -0.15) is 0 Å². The summed E-state index contributed by atoms with van der Waals surface area (Å²) in [5.74, 6) is 0. The van der Waals surface area contributed by atoms with Crippen molar-refractivity contribution in [1.82, 2.24) is 4.98 Å². The Hall–Kier alpha value is -5.93. The van der Waals surface area contributed by atoms with E-state index in [0.29, 0.717) is 5.71 Å². The van der Waals surface area contributed by atoms with Crippen molar-refractivity contribution >= 4 is 71.4 Å². The van der Waals surface area contributed by atoms with Crippen LogP contribution in [0.2, 0.25) is 0 Å². The number of pyridine rings is 1. The Labute approximate surface area is 254 Å². The number of fused-ring (bicyclic) bond motifs is 8. The molecule has 7 aromatic carbocycles.